The van der Waals surface area contributed by atoms with Crippen molar-refractivity contribution in [1.82, 2.24) is 14.7 Å². The van der Waals surface area contributed by atoms with E-state index in [1.165, 1.54) is 0 Å². The number of hydrogen-bond acceptors (Lipinski definition) is 4. The highest BCUT2D eigenvalue weighted by Gasteiger charge is 2.35. The molecule has 6 heteroatoms. The summed E-state index contributed by atoms with van der Waals surface area (Å²) in [6.07, 6.45) is 2.00. The maximum absolute atomic E-state index is 13.5. The van der Waals surface area contributed by atoms with Crippen molar-refractivity contribution < 1.29 is 14.3 Å². The molecule has 1 saturated carbocycles. The van der Waals surface area contributed by atoms with E-state index in [4.69, 9.17) is 14.6 Å². The number of carbonyl (C=O) groups is 1. The lowest BCUT2D eigenvalue weighted by atomic mass is 10.1. The van der Waals surface area contributed by atoms with Crippen molar-refractivity contribution in [3.05, 3.63) is 96.1 Å². The number of amides is 1. The van der Waals surface area contributed by atoms with Crippen molar-refractivity contribution in [1.29, 1.82) is 0 Å². The monoisotopic (exact) mass is 453 g/mol. The first-order valence-electron chi connectivity index (χ1n) is 11.4. The van der Waals surface area contributed by atoms with Crippen LogP contribution in [0.4, 0.5) is 0 Å². The summed E-state index contributed by atoms with van der Waals surface area (Å²) in [6.45, 7) is 0.404. The number of nitrogens with zero attached hydrogens (tertiary/aromatic N) is 3. The molecule has 3 aromatic carbocycles. The molecule has 4 aromatic rings. The van der Waals surface area contributed by atoms with E-state index in [0.29, 0.717) is 29.5 Å². The molecule has 172 valence electrons. The van der Waals surface area contributed by atoms with Gasteiger partial charge in [0.05, 0.1) is 19.2 Å². The van der Waals surface area contributed by atoms with Crippen LogP contribution in [0.15, 0.2) is 84.9 Å². The second kappa shape index (κ2) is 9.43. The minimum Gasteiger partial charge on any atom is -0.493 e. The lowest BCUT2D eigenvalue weighted by Gasteiger charge is -2.23. The van der Waals surface area contributed by atoms with Gasteiger partial charge in [-0.1, -0.05) is 60.7 Å². The predicted octanol–water partition coefficient (Wildman–Crippen LogP) is 5.69. The SMILES string of the molecule is COc1ccccc1Oc1c(CN(C(=O)c2ccccc2)C2CC2)c(-c2ccccc2)nn1C. The topological polar surface area (TPSA) is 56.6 Å². The van der Waals surface area contributed by atoms with Gasteiger partial charge in [0.1, 0.15) is 5.69 Å². The number of carbonyl (C=O) groups excluding carboxylic acids is 1. The molecule has 0 bridgehead atoms. The number of rotatable bonds is 8. The van der Waals surface area contributed by atoms with Crippen molar-refractivity contribution in [3.63, 3.8) is 0 Å². The Morgan fingerprint density at radius 1 is 0.941 bits per heavy atom. The quantitative estimate of drug-likeness (QED) is 0.344. The Balaban J connectivity index is 1.58. The van der Waals surface area contributed by atoms with Gasteiger partial charge >= 0.3 is 0 Å². The standard InChI is InChI=1S/C28H27N3O3/c1-30-28(34-25-16-10-9-15-24(25)33-2)23(26(29-30)20-11-5-3-6-12-20)19-31(22-17-18-22)27(32)21-13-7-4-8-14-21/h3-16,22H,17-19H2,1-2H3. The summed E-state index contributed by atoms with van der Waals surface area (Å²) < 4.78 is 13.6. The second-order valence-corrected chi connectivity index (χ2v) is 8.41. The summed E-state index contributed by atoms with van der Waals surface area (Å²) in [6, 6.07) is 27.2. The van der Waals surface area contributed by atoms with Crippen LogP contribution in [0.1, 0.15) is 28.8 Å². The maximum Gasteiger partial charge on any atom is 0.254 e. The molecular formula is C28H27N3O3. The average Bonchev–Trinajstić information content (AvgIpc) is 3.69. The van der Waals surface area contributed by atoms with E-state index >= 15 is 0 Å². The number of methoxy groups -OCH3 is 1. The summed E-state index contributed by atoms with van der Waals surface area (Å²) in [5, 5.41) is 4.81. The van der Waals surface area contributed by atoms with Crippen molar-refractivity contribution >= 4 is 5.91 Å². The summed E-state index contributed by atoms with van der Waals surface area (Å²) in [7, 11) is 3.48. The summed E-state index contributed by atoms with van der Waals surface area (Å²) in [5.41, 5.74) is 3.34. The van der Waals surface area contributed by atoms with E-state index in [1.54, 1.807) is 11.8 Å². The Morgan fingerprint density at radius 2 is 1.56 bits per heavy atom. The minimum atomic E-state index is 0.0224. The van der Waals surface area contributed by atoms with Gasteiger partial charge < -0.3 is 14.4 Å². The van der Waals surface area contributed by atoms with Crippen molar-refractivity contribution in [2.45, 2.75) is 25.4 Å². The lowest BCUT2D eigenvalue weighted by Crippen LogP contribution is -2.32. The fourth-order valence-corrected chi connectivity index (χ4v) is 4.13. The van der Waals surface area contributed by atoms with Gasteiger partial charge in [-0.15, -0.1) is 0 Å². The zero-order valence-electron chi connectivity index (χ0n) is 19.3. The Hall–Kier alpha value is -4.06. The number of aromatic nitrogens is 2. The van der Waals surface area contributed by atoms with Gasteiger partial charge in [-0.25, -0.2) is 4.68 Å². The zero-order chi connectivity index (χ0) is 23.5. The highest BCUT2D eigenvalue weighted by Crippen LogP contribution is 2.39. The molecule has 1 aromatic heterocycles. The van der Waals surface area contributed by atoms with Gasteiger partial charge in [0.15, 0.2) is 11.5 Å². The number of para-hydroxylation sites is 2. The van der Waals surface area contributed by atoms with Crippen LogP contribution in [0.2, 0.25) is 0 Å². The van der Waals surface area contributed by atoms with E-state index in [2.05, 4.69) is 0 Å². The first kappa shape index (κ1) is 21.8. The molecule has 0 unspecified atom stereocenters. The van der Waals surface area contributed by atoms with Crippen LogP contribution in [0.25, 0.3) is 11.3 Å². The summed E-state index contributed by atoms with van der Waals surface area (Å²) >= 11 is 0. The van der Waals surface area contributed by atoms with Crippen LogP contribution >= 0.6 is 0 Å². The lowest BCUT2D eigenvalue weighted by molar-refractivity contribution is 0.0729. The fraction of sp³-hybridized carbons (Fsp3) is 0.214. The van der Waals surface area contributed by atoms with Crippen LogP contribution in [0.3, 0.4) is 0 Å². The molecule has 1 aliphatic carbocycles. The second-order valence-electron chi connectivity index (χ2n) is 8.41. The number of benzene rings is 3. The van der Waals surface area contributed by atoms with Gasteiger partial charge in [-0.3, -0.25) is 4.79 Å². The Kier molecular flexibility index (Phi) is 6.04. The number of ether oxygens (including phenoxy) is 2. The Bertz CT molecular complexity index is 1280. The van der Waals surface area contributed by atoms with Crippen LogP contribution in [-0.2, 0) is 13.6 Å². The Labute approximate surface area is 199 Å². The molecule has 0 spiro atoms. The fourth-order valence-electron chi connectivity index (χ4n) is 4.13. The summed E-state index contributed by atoms with van der Waals surface area (Å²) in [5.74, 6) is 1.85. The highest BCUT2D eigenvalue weighted by molar-refractivity contribution is 5.94. The first-order valence-corrected chi connectivity index (χ1v) is 11.4. The minimum absolute atomic E-state index is 0.0224. The number of aryl methyl sites for hydroxylation is 1. The van der Waals surface area contributed by atoms with Gasteiger partial charge in [-0.2, -0.15) is 5.10 Å². The molecule has 1 fully saturated rings. The van der Waals surface area contributed by atoms with Crippen LogP contribution in [0, 0.1) is 0 Å². The third-order valence-electron chi connectivity index (χ3n) is 6.01. The van der Waals surface area contributed by atoms with Gasteiger partial charge in [0.2, 0.25) is 5.88 Å². The van der Waals surface area contributed by atoms with Crippen LogP contribution in [-0.4, -0.2) is 33.7 Å². The van der Waals surface area contributed by atoms with E-state index < -0.39 is 0 Å². The highest BCUT2D eigenvalue weighted by atomic mass is 16.5. The third-order valence-corrected chi connectivity index (χ3v) is 6.01. The van der Waals surface area contributed by atoms with E-state index in [9.17, 15) is 4.79 Å². The molecule has 6 nitrogen and oxygen atoms in total. The van der Waals surface area contributed by atoms with E-state index in [-0.39, 0.29) is 11.9 Å². The molecular weight excluding hydrogens is 426 g/mol. The molecule has 0 N–H and O–H groups in total. The normalized spacial score (nSPS) is 12.9. The van der Waals surface area contributed by atoms with Crippen molar-refractivity contribution in [2.24, 2.45) is 7.05 Å². The third kappa shape index (κ3) is 4.39. The molecule has 34 heavy (non-hydrogen) atoms. The number of hydrogen-bond donors (Lipinski definition) is 0. The zero-order valence-corrected chi connectivity index (χ0v) is 19.3. The molecule has 0 saturated heterocycles. The molecule has 5 rings (SSSR count). The van der Waals surface area contributed by atoms with Crippen molar-refractivity contribution in [2.75, 3.05) is 7.11 Å². The van der Waals surface area contributed by atoms with Crippen molar-refractivity contribution in [3.8, 4) is 28.6 Å². The molecule has 0 aliphatic heterocycles. The van der Waals surface area contributed by atoms with Crippen LogP contribution in [0.5, 0.6) is 17.4 Å². The predicted molar refractivity (Wildman–Crippen MR) is 131 cm³/mol. The molecule has 1 amide bonds. The molecule has 0 atom stereocenters. The van der Waals surface area contributed by atoms with Gasteiger partial charge in [-0.05, 0) is 37.1 Å². The van der Waals surface area contributed by atoms with Crippen LogP contribution < -0.4 is 9.47 Å². The van der Waals surface area contributed by atoms with E-state index in [1.807, 2.05) is 96.9 Å². The summed E-state index contributed by atoms with van der Waals surface area (Å²) in [4.78, 5) is 15.4. The Morgan fingerprint density at radius 3 is 2.21 bits per heavy atom. The molecule has 1 heterocycles. The smallest absolute Gasteiger partial charge is 0.254 e. The largest absolute Gasteiger partial charge is 0.493 e. The maximum atomic E-state index is 13.5. The first-order chi connectivity index (χ1) is 16.7. The average molecular weight is 454 g/mol. The van der Waals surface area contributed by atoms with Gasteiger partial charge in [0, 0.05) is 24.2 Å². The molecule has 1 aliphatic rings. The van der Waals surface area contributed by atoms with Gasteiger partial charge in [0.25, 0.3) is 5.91 Å². The molecule has 0 radical (unpaired) electrons. The van der Waals surface area contributed by atoms with E-state index in [0.717, 1.165) is 29.7 Å².